The molecule has 2 aromatic rings. The molecule has 2 heterocycles. The zero-order chi connectivity index (χ0) is 11.0. The van der Waals surface area contributed by atoms with Crippen molar-refractivity contribution in [2.45, 2.75) is 20.8 Å². The van der Waals surface area contributed by atoms with Gasteiger partial charge in [-0.2, -0.15) is 0 Å². The number of aryl methyl sites for hydroxylation is 2. The van der Waals surface area contributed by atoms with E-state index in [-0.39, 0.29) is 5.56 Å². The molecule has 0 aliphatic carbocycles. The van der Waals surface area contributed by atoms with Crippen LogP contribution in [0.2, 0.25) is 0 Å². The van der Waals surface area contributed by atoms with Crippen LogP contribution in [-0.2, 0) is 0 Å². The first-order valence-electron chi connectivity index (χ1n) is 4.72. The zero-order valence-corrected chi connectivity index (χ0v) is 8.92. The van der Waals surface area contributed by atoms with Crippen molar-refractivity contribution in [1.82, 2.24) is 9.97 Å². The molecule has 0 spiro atoms. The van der Waals surface area contributed by atoms with Crippen LogP contribution in [0.15, 0.2) is 21.3 Å². The molecule has 0 unspecified atom stereocenters. The molecule has 78 valence electrons. The minimum atomic E-state index is -0.119. The van der Waals surface area contributed by atoms with E-state index >= 15 is 0 Å². The van der Waals surface area contributed by atoms with Crippen molar-refractivity contribution in [2.75, 3.05) is 0 Å². The molecule has 4 nitrogen and oxygen atoms in total. The summed E-state index contributed by atoms with van der Waals surface area (Å²) < 4.78 is 5.39. The molecule has 0 radical (unpaired) electrons. The summed E-state index contributed by atoms with van der Waals surface area (Å²) in [4.78, 5) is 18.5. The topological polar surface area (TPSA) is 58.9 Å². The van der Waals surface area contributed by atoms with E-state index < -0.39 is 0 Å². The molecule has 0 aliphatic heterocycles. The number of hydrogen-bond acceptors (Lipinski definition) is 3. The predicted molar refractivity (Wildman–Crippen MR) is 56.8 cm³/mol. The fourth-order valence-corrected chi connectivity index (χ4v) is 1.32. The Labute approximate surface area is 87.0 Å². The van der Waals surface area contributed by atoms with Crippen molar-refractivity contribution in [3.63, 3.8) is 0 Å². The summed E-state index contributed by atoms with van der Waals surface area (Å²) in [5.74, 6) is 1.87. The summed E-state index contributed by atoms with van der Waals surface area (Å²) in [7, 11) is 0. The number of H-pyrrole nitrogens is 1. The molecule has 0 atom stereocenters. The van der Waals surface area contributed by atoms with Gasteiger partial charge in [0.2, 0.25) is 0 Å². The molecule has 4 heteroatoms. The normalized spacial score (nSPS) is 10.6. The summed E-state index contributed by atoms with van der Waals surface area (Å²) in [5, 5.41) is 0. The number of nitrogens with one attached hydrogen (secondary N) is 1. The Morgan fingerprint density at radius 1 is 1.27 bits per heavy atom. The minimum absolute atomic E-state index is 0.119. The van der Waals surface area contributed by atoms with Crippen LogP contribution in [0.1, 0.15) is 17.0 Å². The van der Waals surface area contributed by atoms with Crippen LogP contribution in [0.25, 0.3) is 11.6 Å². The Morgan fingerprint density at radius 3 is 2.53 bits per heavy atom. The van der Waals surface area contributed by atoms with Crippen molar-refractivity contribution >= 4 is 0 Å². The maximum Gasteiger partial charge on any atom is 0.254 e. The second-order valence-corrected chi connectivity index (χ2v) is 3.54. The molecule has 0 saturated heterocycles. The average Bonchev–Trinajstić information content (AvgIpc) is 2.60. The Morgan fingerprint density at radius 2 is 2.00 bits per heavy atom. The highest BCUT2D eigenvalue weighted by atomic mass is 16.3. The molecule has 2 aromatic heterocycles. The van der Waals surface area contributed by atoms with E-state index in [1.54, 1.807) is 13.0 Å². The monoisotopic (exact) mass is 204 g/mol. The van der Waals surface area contributed by atoms with Gasteiger partial charge in [-0.25, -0.2) is 4.98 Å². The lowest BCUT2D eigenvalue weighted by atomic mass is 10.2. The van der Waals surface area contributed by atoms with E-state index in [4.69, 9.17) is 4.42 Å². The lowest BCUT2D eigenvalue weighted by Crippen LogP contribution is -2.14. The molecule has 0 aromatic carbocycles. The van der Waals surface area contributed by atoms with Gasteiger partial charge in [0.1, 0.15) is 5.76 Å². The Hall–Kier alpha value is -1.84. The summed E-state index contributed by atoms with van der Waals surface area (Å²) in [6.45, 7) is 5.41. The highest BCUT2D eigenvalue weighted by Gasteiger charge is 2.08. The van der Waals surface area contributed by atoms with Gasteiger partial charge in [0.15, 0.2) is 11.6 Å². The van der Waals surface area contributed by atoms with Crippen LogP contribution < -0.4 is 5.56 Å². The summed E-state index contributed by atoms with van der Waals surface area (Å²) in [6.07, 6.45) is 0. The molecule has 2 rings (SSSR count). The van der Waals surface area contributed by atoms with Gasteiger partial charge in [-0.3, -0.25) is 4.79 Å². The van der Waals surface area contributed by atoms with E-state index in [0.29, 0.717) is 17.1 Å². The first kappa shape index (κ1) is 9.71. The van der Waals surface area contributed by atoms with Gasteiger partial charge in [-0.1, -0.05) is 0 Å². The third kappa shape index (κ3) is 1.70. The fraction of sp³-hybridized carbons (Fsp3) is 0.273. The van der Waals surface area contributed by atoms with Crippen LogP contribution in [0, 0.1) is 20.8 Å². The Balaban J connectivity index is 2.60. The maximum atomic E-state index is 11.5. The van der Waals surface area contributed by atoms with Crippen LogP contribution in [0.3, 0.4) is 0 Å². The second-order valence-electron chi connectivity index (χ2n) is 3.54. The molecular formula is C11H12N2O2. The van der Waals surface area contributed by atoms with Crippen LogP contribution >= 0.6 is 0 Å². The van der Waals surface area contributed by atoms with E-state index in [1.165, 1.54) is 0 Å². The number of hydrogen-bond donors (Lipinski definition) is 1. The first-order valence-corrected chi connectivity index (χ1v) is 4.72. The maximum absolute atomic E-state index is 11.5. The molecule has 0 bridgehead atoms. The first-order chi connectivity index (χ1) is 7.08. The molecule has 15 heavy (non-hydrogen) atoms. The van der Waals surface area contributed by atoms with Gasteiger partial charge >= 0.3 is 0 Å². The quantitative estimate of drug-likeness (QED) is 0.772. The van der Waals surface area contributed by atoms with Gasteiger partial charge in [0.05, 0.1) is 0 Å². The molecule has 0 aliphatic rings. The van der Waals surface area contributed by atoms with Gasteiger partial charge in [0.25, 0.3) is 5.56 Å². The highest BCUT2D eigenvalue weighted by Crippen LogP contribution is 2.17. The van der Waals surface area contributed by atoms with Crippen LogP contribution in [-0.4, -0.2) is 9.97 Å². The smallest absolute Gasteiger partial charge is 0.254 e. The predicted octanol–water partition coefficient (Wildman–Crippen LogP) is 1.96. The molecule has 0 amide bonds. The third-order valence-electron chi connectivity index (χ3n) is 2.37. The van der Waals surface area contributed by atoms with Crippen molar-refractivity contribution in [3.8, 4) is 11.6 Å². The van der Waals surface area contributed by atoms with E-state index in [1.807, 2.05) is 19.9 Å². The Bertz CT molecular complexity index is 552. The standard InChI is InChI=1S/C11H12N2O2/c1-6-4-5-9(15-6)10-12-8(3)7(2)11(14)13-10/h4-5H,1-3H3,(H,12,13,14). The van der Waals surface area contributed by atoms with Crippen molar-refractivity contribution in [1.29, 1.82) is 0 Å². The minimum Gasteiger partial charge on any atom is -0.458 e. The largest absolute Gasteiger partial charge is 0.458 e. The average molecular weight is 204 g/mol. The van der Waals surface area contributed by atoms with E-state index in [2.05, 4.69) is 9.97 Å². The third-order valence-corrected chi connectivity index (χ3v) is 2.37. The van der Waals surface area contributed by atoms with Gasteiger partial charge < -0.3 is 9.40 Å². The van der Waals surface area contributed by atoms with Crippen molar-refractivity contribution in [3.05, 3.63) is 39.5 Å². The summed E-state index contributed by atoms with van der Waals surface area (Å²) in [6, 6.07) is 3.63. The summed E-state index contributed by atoms with van der Waals surface area (Å²) in [5.41, 5.74) is 1.25. The molecular weight excluding hydrogens is 192 g/mol. The molecule has 1 N–H and O–H groups in total. The van der Waals surface area contributed by atoms with Gasteiger partial charge in [0, 0.05) is 11.3 Å². The van der Waals surface area contributed by atoms with Gasteiger partial charge in [-0.15, -0.1) is 0 Å². The zero-order valence-electron chi connectivity index (χ0n) is 8.92. The van der Waals surface area contributed by atoms with E-state index in [0.717, 1.165) is 11.5 Å². The Kier molecular flexibility index (Phi) is 2.19. The van der Waals surface area contributed by atoms with Crippen molar-refractivity contribution in [2.24, 2.45) is 0 Å². The summed E-state index contributed by atoms with van der Waals surface area (Å²) >= 11 is 0. The van der Waals surface area contributed by atoms with E-state index in [9.17, 15) is 4.79 Å². The lowest BCUT2D eigenvalue weighted by molar-refractivity contribution is 0.543. The van der Waals surface area contributed by atoms with Gasteiger partial charge in [-0.05, 0) is 32.9 Å². The van der Waals surface area contributed by atoms with Crippen LogP contribution in [0.5, 0.6) is 0 Å². The number of aromatic amines is 1. The fourth-order valence-electron chi connectivity index (χ4n) is 1.32. The number of aromatic nitrogens is 2. The number of furan rings is 1. The SMILES string of the molecule is Cc1ccc(-c2nc(C)c(C)c(=O)[nH]2)o1. The number of nitrogens with zero attached hydrogens (tertiary/aromatic N) is 1. The highest BCUT2D eigenvalue weighted by molar-refractivity contribution is 5.47. The second kappa shape index (κ2) is 3.38. The van der Waals surface area contributed by atoms with Crippen LogP contribution in [0.4, 0.5) is 0 Å². The van der Waals surface area contributed by atoms with Crippen molar-refractivity contribution < 1.29 is 4.42 Å². The molecule has 0 fully saturated rings. The lowest BCUT2D eigenvalue weighted by Gasteiger charge is -2.00. The molecule has 0 saturated carbocycles. The number of rotatable bonds is 1.